The molecular formula is C9H8F3N5O. The molecule has 0 aliphatic carbocycles. The minimum absolute atomic E-state index is 0.0925. The van der Waals surface area contributed by atoms with Gasteiger partial charge < -0.3 is 10.5 Å². The molecule has 0 saturated carbocycles. The molecule has 2 aromatic heterocycles. The van der Waals surface area contributed by atoms with Crippen molar-refractivity contribution in [1.82, 2.24) is 19.7 Å². The van der Waals surface area contributed by atoms with Gasteiger partial charge in [-0.3, -0.25) is 0 Å². The van der Waals surface area contributed by atoms with Crippen LogP contribution in [-0.2, 0) is 6.18 Å². The average molecular weight is 259 g/mol. The minimum Gasteiger partial charge on any atom is -0.481 e. The summed E-state index contributed by atoms with van der Waals surface area (Å²) in [5, 5.41) is 3.56. The van der Waals surface area contributed by atoms with E-state index in [0.29, 0.717) is 6.20 Å². The summed E-state index contributed by atoms with van der Waals surface area (Å²) in [7, 11) is 1.36. The smallest absolute Gasteiger partial charge is 0.419 e. The molecule has 0 spiro atoms. The highest BCUT2D eigenvalue weighted by Gasteiger charge is 2.32. The predicted molar refractivity (Wildman–Crippen MR) is 55.1 cm³/mol. The Balaban J connectivity index is 2.43. The third-order valence-corrected chi connectivity index (χ3v) is 2.06. The van der Waals surface area contributed by atoms with Crippen molar-refractivity contribution in [3.63, 3.8) is 0 Å². The molecule has 0 aliphatic rings. The van der Waals surface area contributed by atoms with E-state index in [1.165, 1.54) is 13.2 Å². The lowest BCUT2D eigenvalue weighted by molar-refractivity contribution is -0.137. The van der Waals surface area contributed by atoms with Crippen LogP contribution in [0.5, 0.6) is 5.88 Å². The van der Waals surface area contributed by atoms with Crippen molar-refractivity contribution in [2.45, 2.75) is 6.18 Å². The molecule has 0 unspecified atom stereocenters. The van der Waals surface area contributed by atoms with E-state index in [1.54, 1.807) is 0 Å². The van der Waals surface area contributed by atoms with E-state index in [9.17, 15) is 13.2 Å². The second-order valence-corrected chi connectivity index (χ2v) is 3.30. The lowest BCUT2D eigenvalue weighted by Gasteiger charge is -2.04. The van der Waals surface area contributed by atoms with Gasteiger partial charge in [0.05, 0.1) is 18.9 Å². The Morgan fingerprint density at radius 1 is 1.33 bits per heavy atom. The van der Waals surface area contributed by atoms with Crippen LogP contribution in [0.2, 0.25) is 0 Å². The Bertz CT molecular complexity index is 566. The van der Waals surface area contributed by atoms with E-state index >= 15 is 0 Å². The third-order valence-electron chi connectivity index (χ3n) is 2.06. The van der Waals surface area contributed by atoms with E-state index < -0.39 is 11.7 Å². The number of methoxy groups -OCH3 is 1. The summed E-state index contributed by atoms with van der Waals surface area (Å²) in [6, 6.07) is 1.32. The highest BCUT2D eigenvalue weighted by molar-refractivity contribution is 5.34. The molecule has 0 aromatic carbocycles. The molecule has 2 heterocycles. The lowest BCUT2D eigenvalue weighted by atomic mass is 10.4. The highest BCUT2D eigenvalue weighted by atomic mass is 19.4. The minimum atomic E-state index is -4.46. The molecule has 0 aliphatic heterocycles. The van der Waals surface area contributed by atoms with Gasteiger partial charge in [0.25, 0.3) is 0 Å². The number of hydrogen-bond acceptors (Lipinski definition) is 5. The molecule has 18 heavy (non-hydrogen) atoms. The molecule has 0 radical (unpaired) electrons. The van der Waals surface area contributed by atoms with Gasteiger partial charge in [-0.2, -0.15) is 28.2 Å². The first-order chi connectivity index (χ1) is 8.40. The predicted octanol–water partition coefficient (Wildman–Crippen LogP) is 1.27. The molecule has 0 fully saturated rings. The summed E-state index contributed by atoms with van der Waals surface area (Å²) in [6.45, 7) is 0. The Labute approximate surface area is 99.2 Å². The number of anilines is 1. The summed E-state index contributed by atoms with van der Waals surface area (Å²) in [5.41, 5.74) is 4.52. The van der Waals surface area contributed by atoms with Gasteiger partial charge in [-0.05, 0) is 0 Å². The van der Waals surface area contributed by atoms with Crippen LogP contribution in [0.25, 0.3) is 5.82 Å². The van der Waals surface area contributed by atoms with Gasteiger partial charge in [-0.15, -0.1) is 0 Å². The number of hydrogen-bond donors (Lipinski definition) is 1. The van der Waals surface area contributed by atoms with Gasteiger partial charge in [-0.25, -0.2) is 4.68 Å². The number of nitrogens with two attached hydrogens (primary N) is 1. The summed E-state index contributed by atoms with van der Waals surface area (Å²) in [4.78, 5) is 7.48. The number of aromatic nitrogens is 4. The average Bonchev–Trinajstić information content (AvgIpc) is 2.77. The Morgan fingerprint density at radius 3 is 2.61 bits per heavy atom. The van der Waals surface area contributed by atoms with Crippen LogP contribution in [0.1, 0.15) is 5.56 Å². The van der Waals surface area contributed by atoms with Crippen molar-refractivity contribution in [2.24, 2.45) is 0 Å². The highest BCUT2D eigenvalue weighted by Crippen LogP contribution is 2.29. The SMILES string of the molecule is COc1cc(-n2cc(C(F)(F)F)cn2)nc(N)n1. The maximum absolute atomic E-state index is 12.4. The van der Waals surface area contributed by atoms with E-state index in [2.05, 4.69) is 15.1 Å². The van der Waals surface area contributed by atoms with Crippen LogP contribution >= 0.6 is 0 Å². The first-order valence-electron chi connectivity index (χ1n) is 4.71. The van der Waals surface area contributed by atoms with Crippen LogP contribution < -0.4 is 10.5 Å². The second kappa shape index (κ2) is 4.17. The van der Waals surface area contributed by atoms with Crippen molar-refractivity contribution in [1.29, 1.82) is 0 Å². The Hall–Kier alpha value is -2.32. The number of rotatable bonds is 2. The quantitative estimate of drug-likeness (QED) is 0.878. The first kappa shape index (κ1) is 12.1. The van der Waals surface area contributed by atoms with Crippen LogP contribution in [0, 0.1) is 0 Å². The fourth-order valence-electron chi connectivity index (χ4n) is 1.25. The lowest BCUT2D eigenvalue weighted by Crippen LogP contribution is -2.05. The van der Waals surface area contributed by atoms with Crippen LogP contribution in [0.4, 0.5) is 19.1 Å². The fraction of sp³-hybridized carbons (Fsp3) is 0.222. The number of halogens is 3. The molecular weight excluding hydrogens is 251 g/mol. The molecule has 2 rings (SSSR count). The summed E-state index contributed by atoms with van der Waals surface area (Å²) >= 11 is 0. The van der Waals surface area contributed by atoms with Gasteiger partial charge in [0.2, 0.25) is 11.8 Å². The molecule has 2 N–H and O–H groups in total. The number of alkyl halides is 3. The zero-order valence-electron chi connectivity index (χ0n) is 9.14. The van der Waals surface area contributed by atoms with Gasteiger partial charge >= 0.3 is 6.18 Å². The van der Waals surface area contributed by atoms with E-state index in [0.717, 1.165) is 10.9 Å². The first-order valence-corrected chi connectivity index (χ1v) is 4.71. The standard InChI is InChI=1S/C9H8F3N5O/c1-18-7-2-6(15-8(13)16-7)17-4-5(3-14-17)9(10,11)12/h2-4H,1H3,(H2,13,15,16). The maximum Gasteiger partial charge on any atom is 0.419 e. The number of ether oxygens (including phenoxy) is 1. The number of nitrogens with zero attached hydrogens (tertiary/aromatic N) is 4. The van der Waals surface area contributed by atoms with Crippen LogP contribution in [0.3, 0.4) is 0 Å². The molecule has 9 heteroatoms. The van der Waals surface area contributed by atoms with Crippen LogP contribution in [-0.4, -0.2) is 26.9 Å². The molecule has 0 amide bonds. The summed E-state index contributed by atoms with van der Waals surface area (Å²) < 4.78 is 43.0. The van der Waals surface area contributed by atoms with Crippen molar-refractivity contribution < 1.29 is 17.9 Å². The normalized spacial score (nSPS) is 11.6. The third kappa shape index (κ3) is 2.34. The van der Waals surface area contributed by atoms with Gasteiger partial charge in [0.1, 0.15) is 0 Å². The monoisotopic (exact) mass is 259 g/mol. The van der Waals surface area contributed by atoms with Crippen molar-refractivity contribution in [3.8, 4) is 11.7 Å². The molecule has 0 saturated heterocycles. The van der Waals surface area contributed by atoms with E-state index in [1.807, 2.05) is 0 Å². The van der Waals surface area contributed by atoms with E-state index in [4.69, 9.17) is 10.5 Å². The second-order valence-electron chi connectivity index (χ2n) is 3.30. The van der Waals surface area contributed by atoms with Gasteiger partial charge in [-0.1, -0.05) is 0 Å². The van der Waals surface area contributed by atoms with Gasteiger partial charge in [0, 0.05) is 12.3 Å². The van der Waals surface area contributed by atoms with Gasteiger partial charge in [0.15, 0.2) is 5.82 Å². The van der Waals surface area contributed by atoms with Crippen molar-refractivity contribution in [2.75, 3.05) is 12.8 Å². The summed E-state index contributed by atoms with van der Waals surface area (Å²) in [6.07, 6.45) is -2.95. The van der Waals surface area contributed by atoms with E-state index in [-0.39, 0.29) is 17.6 Å². The zero-order valence-corrected chi connectivity index (χ0v) is 9.14. The number of nitrogen functional groups attached to an aromatic ring is 1. The maximum atomic E-state index is 12.4. The van der Waals surface area contributed by atoms with Crippen molar-refractivity contribution in [3.05, 3.63) is 24.0 Å². The fourth-order valence-corrected chi connectivity index (χ4v) is 1.25. The van der Waals surface area contributed by atoms with Crippen LogP contribution in [0.15, 0.2) is 18.5 Å². The molecule has 2 aromatic rings. The van der Waals surface area contributed by atoms with Crippen molar-refractivity contribution >= 4 is 5.95 Å². The molecule has 0 atom stereocenters. The topological polar surface area (TPSA) is 78.8 Å². The Morgan fingerprint density at radius 2 is 2.06 bits per heavy atom. The largest absolute Gasteiger partial charge is 0.481 e. The molecule has 96 valence electrons. The molecule has 0 bridgehead atoms. The zero-order chi connectivity index (χ0) is 13.3. The molecule has 6 nitrogen and oxygen atoms in total. The Kier molecular flexibility index (Phi) is 2.81. The summed E-state index contributed by atoms with van der Waals surface area (Å²) in [5.74, 6) is 0.116.